The molecule has 0 bridgehead atoms. The second kappa shape index (κ2) is 8.34. The molecule has 0 radical (unpaired) electrons. The molecule has 0 atom stereocenters. The van der Waals surface area contributed by atoms with Crippen molar-refractivity contribution in [2.75, 3.05) is 23.3 Å². The quantitative estimate of drug-likeness (QED) is 0.642. The number of amides is 2. The highest BCUT2D eigenvalue weighted by Gasteiger charge is 2.23. The van der Waals surface area contributed by atoms with Crippen molar-refractivity contribution in [1.29, 1.82) is 0 Å². The summed E-state index contributed by atoms with van der Waals surface area (Å²) in [6.45, 7) is 3.48. The van der Waals surface area contributed by atoms with Gasteiger partial charge in [-0.2, -0.15) is 0 Å². The summed E-state index contributed by atoms with van der Waals surface area (Å²) >= 11 is 3.03. The van der Waals surface area contributed by atoms with E-state index in [-0.39, 0.29) is 17.7 Å². The van der Waals surface area contributed by atoms with Gasteiger partial charge >= 0.3 is 0 Å². The number of hydrogen-bond donors (Lipinski definition) is 2. The fraction of sp³-hybridized carbons (Fsp3) is 0.286. The third-order valence-corrected chi connectivity index (χ3v) is 7.32. The van der Waals surface area contributed by atoms with E-state index in [4.69, 9.17) is 5.73 Å². The first-order valence-corrected chi connectivity index (χ1v) is 11.2. The lowest BCUT2D eigenvalue weighted by atomic mass is 9.96. The SMILES string of the molecule is Cc1nc(-c2cccs2)sc1C(=O)Nc1ccc(N2CCC(C(N)=O)CC2)cc1. The Bertz CT molecular complexity index is 1000. The van der Waals surface area contributed by atoms with Crippen LogP contribution in [0.25, 0.3) is 9.88 Å². The van der Waals surface area contributed by atoms with Gasteiger partial charge in [0.25, 0.3) is 5.91 Å². The minimum absolute atomic E-state index is 0.0217. The van der Waals surface area contributed by atoms with Crippen LogP contribution >= 0.6 is 22.7 Å². The normalized spacial score (nSPS) is 14.7. The molecule has 1 aromatic carbocycles. The molecule has 29 heavy (non-hydrogen) atoms. The molecule has 0 aliphatic carbocycles. The fourth-order valence-electron chi connectivity index (χ4n) is 3.48. The Labute approximate surface area is 177 Å². The van der Waals surface area contributed by atoms with Crippen molar-refractivity contribution < 1.29 is 9.59 Å². The van der Waals surface area contributed by atoms with Crippen LogP contribution in [0.3, 0.4) is 0 Å². The van der Waals surface area contributed by atoms with Crippen molar-refractivity contribution in [2.45, 2.75) is 19.8 Å². The number of nitrogens with one attached hydrogen (secondary N) is 1. The van der Waals surface area contributed by atoms with E-state index in [9.17, 15) is 9.59 Å². The standard InChI is InChI=1S/C21H22N4O2S2/c1-13-18(29-21(23-13)17-3-2-12-28-17)20(27)24-15-4-6-16(7-5-15)25-10-8-14(9-11-25)19(22)26/h2-7,12,14H,8-11H2,1H3,(H2,22,26)(H,24,27). The molecule has 0 saturated carbocycles. The van der Waals surface area contributed by atoms with Crippen LogP contribution in [0.2, 0.25) is 0 Å². The van der Waals surface area contributed by atoms with Gasteiger partial charge in [-0.05, 0) is 55.5 Å². The van der Waals surface area contributed by atoms with Gasteiger partial charge < -0.3 is 16.0 Å². The predicted molar refractivity (Wildman–Crippen MR) is 119 cm³/mol. The van der Waals surface area contributed by atoms with E-state index in [1.54, 1.807) is 11.3 Å². The maximum atomic E-state index is 12.7. The second-order valence-electron chi connectivity index (χ2n) is 7.08. The number of rotatable bonds is 5. The average molecular weight is 427 g/mol. The maximum Gasteiger partial charge on any atom is 0.267 e. The van der Waals surface area contributed by atoms with Gasteiger partial charge in [0, 0.05) is 30.4 Å². The number of piperidine rings is 1. The molecule has 150 valence electrons. The summed E-state index contributed by atoms with van der Waals surface area (Å²) in [5, 5.41) is 5.84. The van der Waals surface area contributed by atoms with Gasteiger partial charge in [-0.3, -0.25) is 9.59 Å². The highest BCUT2D eigenvalue weighted by atomic mass is 32.1. The Morgan fingerprint density at radius 3 is 2.52 bits per heavy atom. The Balaban J connectivity index is 1.40. The molecule has 3 heterocycles. The number of nitrogens with zero attached hydrogens (tertiary/aromatic N) is 2. The Kier molecular flexibility index (Phi) is 5.64. The zero-order valence-electron chi connectivity index (χ0n) is 16.1. The summed E-state index contributed by atoms with van der Waals surface area (Å²) in [6, 6.07) is 11.8. The number of primary amides is 1. The van der Waals surface area contributed by atoms with Gasteiger partial charge in [0.1, 0.15) is 9.88 Å². The Morgan fingerprint density at radius 2 is 1.90 bits per heavy atom. The second-order valence-corrected chi connectivity index (χ2v) is 9.02. The molecule has 3 N–H and O–H groups in total. The molecule has 2 amide bonds. The molecule has 6 nitrogen and oxygen atoms in total. The summed E-state index contributed by atoms with van der Waals surface area (Å²) in [5.74, 6) is -0.368. The lowest BCUT2D eigenvalue weighted by Gasteiger charge is -2.32. The lowest BCUT2D eigenvalue weighted by molar-refractivity contribution is -0.122. The van der Waals surface area contributed by atoms with E-state index in [2.05, 4.69) is 15.2 Å². The van der Waals surface area contributed by atoms with Crippen LogP contribution in [0, 0.1) is 12.8 Å². The topological polar surface area (TPSA) is 88.3 Å². The highest BCUT2D eigenvalue weighted by molar-refractivity contribution is 7.22. The smallest absolute Gasteiger partial charge is 0.267 e. The zero-order chi connectivity index (χ0) is 20.4. The van der Waals surface area contributed by atoms with E-state index in [1.807, 2.05) is 48.7 Å². The van der Waals surface area contributed by atoms with Gasteiger partial charge in [0.2, 0.25) is 5.91 Å². The molecular weight excluding hydrogens is 404 g/mol. The highest BCUT2D eigenvalue weighted by Crippen LogP contribution is 2.31. The van der Waals surface area contributed by atoms with Gasteiger partial charge in [0.05, 0.1) is 10.6 Å². The summed E-state index contributed by atoms with van der Waals surface area (Å²) < 4.78 is 0. The van der Waals surface area contributed by atoms with Crippen LogP contribution in [-0.2, 0) is 4.79 Å². The third-order valence-electron chi connectivity index (χ3n) is 5.12. The maximum absolute atomic E-state index is 12.7. The molecule has 8 heteroatoms. The van der Waals surface area contributed by atoms with E-state index >= 15 is 0 Å². The van der Waals surface area contributed by atoms with Crippen molar-refractivity contribution >= 4 is 45.9 Å². The minimum atomic E-state index is -0.205. The predicted octanol–water partition coefficient (Wildman–Crippen LogP) is 4.13. The first kappa shape index (κ1) is 19.6. The number of aryl methyl sites for hydroxylation is 1. The number of thiazole rings is 1. The van der Waals surface area contributed by atoms with E-state index < -0.39 is 0 Å². The Morgan fingerprint density at radius 1 is 1.17 bits per heavy atom. The molecular formula is C21H22N4O2S2. The zero-order valence-corrected chi connectivity index (χ0v) is 17.7. The van der Waals surface area contributed by atoms with Crippen LogP contribution in [0.4, 0.5) is 11.4 Å². The first-order chi connectivity index (χ1) is 14.0. The number of carbonyl (C=O) groups is 2. The number of hydrogen-bond acceptors (Lipinski definition) is 6. The molecule has 0 spiro atoms. The summed E-state index contributed by atoms with van der Waals surface area (Å²) in [5.41, 5.74) is 7.97. The van der Waals surface area contributed by atoms with E-state index in [0.717, 1.165) is 52.9 Å². The third kappa shape index (κ3) is 4.33. The minimum Gasteiger partial charge on any atom is -0.371 e. The molecule has 1 aliphatic rings. The van der Waals surface area contributed by atoms with Crippen molar-refractivity contribution in [3.63, 3.8) is 0 Å². The monoisotopic (exact) mass is 426 g/mol. The molecule has 3 aromatic rings. The number of nitrogens with two attached hydrogens (primary N) is 1. The van der Waals surface area contributed by atoms with Crippen molar-refractivity contribution in [3.8, 4) is 9.88 Å². The molecule has 1 saturated heterocycles. The molecule has 4 rings (SSSR count). The molecule has 1 aliphatic heterocycles. The van der Waals surface area contributed by atoms with Crippen LogP contribution in [0.5, 0.6) is 0 Å². The van der Waals surface area contributed by atoms with Crippen molar-refractivity contribution in [1.82, 2.24) is 4.98 Å². The average Bonchev–Trinajstić information content (AvgIpc) is 3.38. The van der Waals surface area contributed by atoms with Crippen molar-refractivity contribution in [2.24, 2.45) is 11.7 Å². The number of thiophene rings is 1. The van der Waals surface area contributed by atoms with Gasteiger partial charge in [-0.25, -0.2) is 4.98 Å². The van der Waals surface area contributed by atoms with Gasteiger partial charge in [-0.15, -0.1) is 22.7 Å². The first-order valence-electron chi connectivity index (χ1n) is 9.48. The van der Waals surface area contributed by atoms with Crippen LogP contribution < -0.4 is 16.0 Å². The summed E-state index contributed by atoms with van der Waals surface area (Å²) in [7, 11) is 0. The van der Waals surface area contributed by atoms with E-state index in [0.29, 0.717) is 4.88 Å². The molecule has 2 aromatic heterocycles. The van der Waals surface area contributed by atoms with Crippen LogP contribution in [0.15, 0.2) is 41.8 Å². The largest absolute Gasteiger partial charge is 0.371 e. The summed E-state index contributed by atoms with van der Waals surface area (Å²) in [6.07, 6.45) is 1.57. The number of anilines is 2. The molecule has 1 fully saturated rings. The fourth-order valence-corrected chi connectivity index (χ4v) is 5.24. The molecule has 0 unspecified atom stereocenters. The number of carbonyl (C=O) groups excluding carboxylic acids is 2. The lowest BCUT2D eigenvalue weighted by Crippen LogP contribution is -2.38. The Hall–Kier alpha value is -2.71. The van der Waals surface area contributed by atoms with E-state index in [1.165, 1.54) is 11.3 Å². The number of benzene rings is 1. The van der Waals surface area contributed by atoms with Crippen LogP contribution in [0.1, 0.15) is 28.2 Å². The van der Waals surface area contributed by atoms with Crippen molar-refractivity contribution in [3.05, 3.63) is 52.3 Å². The number of aromatic nitrogens is 1. The van der Waals surface area contributed by atoms with Gasteiger partial charge in [0.15, 0.2) is 0 Å². The summed E-state index contributed by atoms with van der Waals surface area (Å²) in [4.78, 5) is 32.5. The van der Waals surface area contributed by atoms with Gasteiger partial charge in [-0.1, -0.05) is 6.07 Å². The van der Waals surface area contributed by atoms with Crippen LogP contribution in [-0.4, -0.2) is 29.9 Å².